The topological polar surface area (TPSA) is 57.7 Å². The fraction of sp³-hybridized carbons (Fsp3) is 0.562. The van der Waals surface area contributed by atoms with Gasteiger partial charge in [0.05, 0.1) is 22.0 Å². The van der Waals surface area contributed by atoms with Crippen LogP contribution in [0.3, 0.4) is 0 Å². The fourth-order valence-corrected chi connectivity index (χ4v) is 4.44. The summed E-state index contributed by atoms with van der Waals surface area (Å²) in [6, 6.07) is 4.80. The first-order chi connectivity index (χ1) is 11.2. The number of benzene rings is 1. The van der Waals surface area contributed by atoms with Gasteiger partial charge in [-0.2, -0.15) is 0 Å². The van der Waals surface area contributed by atoms with Crippen LogP contribution < -0.4 is 4.31 Å². The van der Waals surface area contributed by atoms with Crippen LogP contribution in [0.5, 0.6) is 0 Å². The van der Waals surface area contributed by atoms with Gasteiger partial charge in [-0.1, -0.05) is 36.2 Å². The van der Waals surface area contributed by atoms with Gasteiger partial charge in [0.25, 0.3) is 0 Å². The minimum atomic E-state index is -3.60. The molecule has 0 unspecified atom stereocenters. The van der Waals surface area contributed by atoms with Crippen LogP contribution in [0.25, 0.3) is 0 Å². The average Bonchev–Trinajstić information content (AvgIpc) is 2.49. The maximum Gasteiger partial charge on any atom is 0.232 e. The molecule has 1 aliphatic rings. The van der Waals surface area contributed by atoms with E-state index in [0.29, 0.717) is 5.92 Å². The molecule has 2 rings (SSSR count). The van der Waals surface area contributed by atoms with Crippen molar-refractivity contribution < 1.29 is 13.2 Å². The highest BCUT2D eigenvalue weighted by molar-refractivity contribution is 7.92. The van der Waals surface area contributed by atoms with Gasteiger partial charge in [0.15, 0.2) is 0 Å². The van der Waals surface area contributed by atoms with Crippen LogP contribution in [0.1, 0.15) is 26.2 Å². The third kappa shape index (κ3) is 4.77. The van der Waals surface area contributed by atoms with Gasteiger partial charge in [-0.05, 0) is 30.9 Å². The molecule has 0 saturated carbocycles. The van der Waals surface area contributed by atoms with Gasteiger partial charge in [-0.25, -0.2) is 8.42 Å². The number of hydrogen-bond donors (Lipinski definition) is 0. The molecule has 1 aliphatic heterocycles. The fourth-order valence-electron chi connectivity index (χ4n) is 2.78. The van der Waals surface area contributed by atoms with Gasteiger partial charge in [-0.3, -0.25) is 9.10 Å². The van der Waals surface area contributed by atoms with E-state index in [1.807, 2.05) is 0 Å². The van der Waals surface area contributed by atoms with Crippen molar-refractivity contribution in [2.45, 2.75) is 26.2 Å². The van der Waals surface area contributed by atoms with Crippen LogP contribution >= 0.6 is 23.2 Å². The number of amides is 1. The van der Waals surface area contributed by atoms with Crippen LogP contribution in [0.4, 0.5) is 5.69 Å². The Hall–Kier alpha value is -0.980. The zero-order valence-electron chi connectivity index (χ0n) is 13.8. The van der Waals surface area contributed by atoms with Crippen molar-refractivity contribution in [3.63, 3.8) is 0 Å². The summed E-state index contributed by atoms with van der Waals surface area (Å²) in [7, 11) is -3.60. The van der Waals surface area contributed by atoms with Crippen LogP contribution in [0.2, 0.25) is 10.0 Å². The van der Waals surface area contributed by atoms with Crippen molar-refractivity contribution in [2.24, 2.45) is 5.92 Å². The third-order valence-corrected chi connectivity index (χ3v) is 6.03. The molecule has 0 bridgehead atoms. The zero-order chi connectivity index (χ0) is 17.9. The molecule has 0 N–H and O–H groups in total. The predicted molar refractivity (Wildman–Crippen MR) is 98.2 cm³/mol. The standard InChI is InChI=1S/C16H22Cl2N2O3S/c1-12-6-9-19(10-7-12)15(21)8-11-20(24(2,22)23)16-13(17)4-3-5-14(16)18/h3-5,12H,6-11H2,1-2H3. The Bertz CT molecular complexity index is 681. The molecule has 1 aromatic carbocycles. The molecule has 1 saturated heterocycles. The van der Waals surface area contributed by atoms with E-state index in [1.54, 1.807) is 23.1 Å². The number of piperidine rings is 1. The second-order valence-electron chi connectivity index (χ2n) is 6.22. The van der Waals surface area contributed by atoms with E-state index in [9.17, 15) is 13.2 Å². The average molecular weight is 393 g/mol. The molecule has 0 aliphatic carbocycles. The lowest BCUT2D eigenvalue weighted by molar-refractivity contribution is -0.132. The molecule has 1 fully saturated rings. The molecule has 0 spiro atoms. The van der Waals surface area contributed by atoms with Crippen LogP contribution in [0.15, 0.2) is 18.2 Å². The summed E-state index contributed by atoms with van der Waals surface area (Å²) < 4.78 is 25.4. The number of hydrogen-bond acceptors (Lipinski definition) is 3. The first-order valence-electron chi connectivity index (χ1n) is 7.89. The first-order valence-corrected chi connectivity index (χ1v) is 10.5. The van der Waals surface area contributed by atoms with Crippen molar-refractivity contribution in [3.8, 4) is 0 Å². The first kappa shape index (κ1) is 19.3. The largest absolute Gasteiger partial charge is 0.343 e. The SMILES string of the molecule is CC1CCN(C(=O)CCN(c2c(Cl)cccc2Cl)S(C)(=O)=O)CC1. The smallest absolute Gasteiger partial charge is 0.232 e. The quantitative estimate of drug-likeness (QED) is 0.771. The molecular weight excluding hydrogens is 371 g/mol. The number of rotatable bonds is 5. The Morgan fingerprint density at radius 3 is 2.29 bits per heavy atom. The maximum absolute atomic E-state index is 12.4. The summed E-state index contributed by atoms with van der Waals surface area (Å²) >= 11 is 12.2. The number of carbonyl (C=O) groups is 1. The molecule has 0 radical (unpaired) electrons. The minimum Gasteiger partial charge on any atom is -0.343 e. The van der Waals surface area contributed by atoms with Gasteiger partial charge in [-0.15, -0.1) is 0 Å². The van der Waals surface area contributed by atoms with Gasteiger partial charge in [0, 0.05) is 26.1 Å². The molecule has 8 heteroatoms. The molecular formula is C16H22Cl2N2O3S. The van der Waals surface area contributed by atoms with E-state index in [4.69, 9.17) is 23.2 Å². The minimum absolute atomic E-state index is 0.0210. The lowest BCUT2D eigenvalue weighted by atomic mass is 9.99. The zero-order valence-corrected chi connectivity index (χ0v) is 16.2. The molecule has 1 heterocycles. The number of anilines is 1. The van der Waals surface area contributed by atoms with Crippen molar-refractivity contribution in [2.75, 3.05) is 30.2 Å². The molecule has 5 nitrogen and oxygen atoms in total. The van der Waals surface area contributed by atoms with Gasteiger partial charge in [0.2, 0.25) is 15.9 Å². The van der Waals surface area contributed by atoms with Gasteiger partial charge >= 0.3 is 0 Å². The Labute approximate surface area is 153 Å². The van der Waals surface area contributed by atoms with Crippen LogP contribution in [0, 0.1) is 5.92 Å². The second-order valence-corrected chi connectivity index (χ2v) is 8.94. The van der Waals surface area contributed by atoms with Crippen molar-refractivity contribution in [3.05, 3.63) is 28.2 Å². The van der Waals surface area contributed by atoms with Crippen molar-refractivity contribution in [1.82, 2.24) is 4.90 Å². The Balaban J connectivity index is 2.12. The van der Waals surface area contributed by atoms with Crippen molar-refractivity contribution in [1.29, 1.82) is 0 Å². The summed E-state index contributed by atoms with van der Waals surface area (Å²) in [5, 5.41) is 0.486. The highest BCUT2D eigenvalue weighted by Gasteiger charge is 2.25. The molecule has 0 atom stereocenters. The number of nitrogens with zero attached hydrogens (tertiary/aromatic N) is 2. The Morgan fingerprint density at radius 1 is 1.25 bits per heavy atom. The highest BCUT2D eigenvalue weighted by Crippen LogP contribution is 2.35. The Morgan fingerprint density at radius 2 is 1.79 bits per heavy atom. The lowest BCUT2D eigenvalue weighted by Gasteiger charge is -2.31. The summed E-state index contributed by atoms with van der Waals surface area (Å²) in [4.78, 5) is 14.2. The van der Waals surface area contributed by atoms with E-state index in [-0.39, 0.29) is 34.6 Å². The van der Waals surface area contributed by atoms with E-state index in [2.05, 4.69) is 6.92 Å². The molecule has 24 heavy (non-hydrogen) atoms. The molecule has 1 amide bonds. The number of halogens is 2. The van der Waals surface area contributed by atoms with Crippen LogP contribution in [-0.2, 0) is 14.8 Å². The molecule has 0 aromatic heterocycles. The monoisotopic (exact) mass is 392 g/mol. The number of likely N-dealkylation sites (tertiary alicyclic amines) is 1. The second kappa shape index (κ2) is 7.93. The highest BCUT2D eigenvalue weighted by atomic mass is 35.5. The Kier molecular flexibility index (Phi) is 6.39. The van der Waals surface area contributed by atoms with Crippen LogP contribution in [-0.4, -0.2) is 45.1 Å². The molecule has 134 valence electrons. The van der Waals surface area contributed by atoms with Gasteiger partial charge in [0.1, 0.15) is 0 Å². The van der Waals surface area contributed by atoms with E-state index >= 15 is 0 Å². The number of carbonyl (C=O) groups excluding carboxylic acids is 1. The summed E-state index contributed by atoms with van der Waals surface area (Å²) in [5.41, 5.74) is 0.225. The maximum atomic E-state index is 12.4. The third-order valence-electron chi connectivity index (χ3n) is 4.25. The number of sulfonamides is 1. The summed E-state index contributed by atoms with van der Waals surface area (Å²) in [6.07, 6.45) is 3.15. The van der Waals surface area contributed by atoms with E-state index in [1.165, 1.54) is 0 Å². The predicted octanol–water partition coefficient (Wildman–Crippen LogP) is 3.41. The summed E-state index contributed by atoms with van der Waals surface area (Å²) in [6.45, 7) is 3.65. The summed E-state index contributed by atoms with van der Waals surface area (Å²) in [5.74, 6) is 0.585. The molecule has 1 aromatic rings. The van der Waals surface area contributed by atoms with Crippen molar-refractivity contribution >= 4 is 44.8 Å². The lowest BCUT2D eigenvalue weighted by Crippen LogP contribution is -2.40. The van der Waals surface area contributed by atoms with Gasteiger partial charge < -0.3 is 4.90 Å². The van der Waals surface area contributed by atoms with E-state index < -0.39 is 10.0 Å². The normalized spacial score (nSPS) is 16.2. The van der Waals surface area contributed by atoms with E-state index in [0.717, 1.165) is 36.5 Å². The number of para-hydroxylation sites is 1.